The third kappa shape index (κ3) is 7.71. The fourth-order valence-electron chi connectivity index (χ4n) is 15.8. The standard InChI is InChI=1S/C76H65NOS/c1-6-55-73(64-28-19-31-71-76(64)63-38-33-52(43-72(63)79-71)51-32-36-56-48(5)75(50-22-11-8-12-23-50)62-27-14-13-24-57(62)66(56)41-51)45(2)40-65(46(3)47(4)74(55)49-20-9-7-10-21-49)53-34-37-60-61-39-35-54(44-70(61)78-69(60)42-53)77-67-29-17-15-25-58(67)59-26-16-18-30-68(59)77/h7-39,41-48,55,65,73-75H,6,40H2,1-5H3/t45?,46-,47?,48?,55?,65?,73?,74?,75?/m1/s1. The first-order chi connectivity index (χ1) is 38.8. The second-order valence-electron chi connectivity index (χ2n) is 23.6. The van der Waals surface area contributed by atoms with Gasteiger partial charge in [-0.25, -0.2) is 0 Å². The summed E-state index contributed by atoms with van der Waals surface area (Å²) in [5.74, 6) is 3.52. The summed E-state index contributed by atoms with van der Waals surface area (Å²) in [6.45, 7) is 12.6. The topological polar surface area (TPSA) is 18.1 Å². The van der Waals surface area contributed by atoms with Crippen LogP contribution in [-0.4, -0.2) is 4.57 Å². The Balaban J connectivity index is 0.809. The molecule has 2 nitrogen and oxygen atoms in total. The highest BCUT2D eigenvalue weighted by Gasteiger charge is 2.44. The predicted octanol–water partition coefficient (Wildman–Crippen LogP) is 21.6. The van der Waals surface area contributed by atoms with Crippen LogP contribution in [0.4, 0.5) is 0 Å². The highest BCUT2D eigenvalue weighted by atomic mass is 32.1. The Hall–Kier alpha value is -7.98. The van der Waals surface area contributed by atoms with Gasteiger partial charge >= 0.3 is 0 Å². The molecule has 9 atom stereocenters. The smallest absolute Gasteiger partial charge is 0.137 e. The zero-order valence-electron chi connectivity index (χ0n) is 45.7. The Bertz CT molecular complexity index is 4410. The van der Waals surface area contributed by atoms with Gasteiger partial charge in [0.15, 0.2) is 0 Å². The minimum absolute atomic E-state index is 0.328. The van der Waals surface area contributed by atoms with E-state index in [1.165, 1.54) is 103 Å². The van der Waals surface area contributed by atoms with Crippen LogP contribution in [0.2, 0.25) is 0 Å². The van der Waals surface area contributed by atoms with E-state index >= 15 is 0 Å². The number of rotatable bonds is 7. The first kappa shape index (κ1) is 48.2. The van der Waals surface area contributed by atoms with E-state index in [4.69, 9.17) is 4.42 Å². The summed E-state index contributed by atoms with van der Waals surface area (Å²) in [5.41, 5.74) is 19.4. The number of nitrogens with zero attached hydrogens (tertiary/aromatic N) is 1. The summed E-state index contributed by atoms with van der Waals surface area (Å²) < 4.78 is 12.1. The third-order valence-electron chi connectivity index (χ3n) is 19.6. The number of aromatic nitrogens is 1. The molecule has 2 aliphatic carbocycles. The lowest BCUT2D eigenvalue weighted by Crippen LogP contribution is -2.37. The predicted molar refractivity (Wildman–Crippen MR) is 336 cm³/mol. The van der Waals surface area contributed by atoms with E-state index in [-0.39, 0.29) is 0 Å². The number of hydrogen-bond donors (Lipinski definition) is 0. The van der Waals surface area contributed by atoms with E-state index < -0.39 is 0 Å². The van der Waals surface area contributed by atoms with Crippen molar-refractivity contribution >= 4 is 75.3 Å². The average molecular weight is 1040 g/mol. The quantitative estimate of drug-likeness (QED) is 0.156. The largest absolute Gasteiger partial charge is 0.456 e. The molecular weight excluding hydrogens is 975 g/mol. The molecule has 13 aromatic rings. The van der Waals surface area contributed by atoms with Crippen LogP contribution in [0.3, 0.4) is 0 Å². The highest BCUT2D eigenvalue weighted by Crippen LogP contribution is 2.57. The van der Waals surface area contributed by atoms with Crippen molar-refractivity contribution in [3.05, 3.63) is 258 Å². The third-order valence-corrected chi connectivity index (χ3v) is 20.7. The molecule has 0 spiro atoms. The Morgan fingerprint density at radius 3 is 1.85 bits per heavy atom. The minimum Gasteiger partial charge on any atom is -0.456 e. The van der Waals surface area contributed by atoms with Gasteiger partial charge < -0.3 is 8.98 Å². The molecule has 0 saturated heterocycles. The van der Waals surface area contributed by atoms with Gasteiger partial charge in [0.25, 0.3) is 0 Å². The maximum atomic E-state index is 6.97. The van der Waals surface area contributed by atoms with Crippen molar-refractivity contribution in [1.29, 1.82) is 0 Å². The number of fused-ring (bicyclic) bond motifs is 12. The van der Waals surface area contributed by atoms with Crippen LogP contribution < -0.4 is 0 Å². The Labute approximate surface area is 468 Å². The fourth-order valence-corrected chi connectivity index (χ4v) is 17.0. The molecular formula is C76H65NOS. The molecule has 1 saturated carbocycles. The average Bonchev–Trinajstić information content (AvgIpc) is 4.40. The van der Waals surface area contributed by atoms with Gasteiger partial charge in [-0.15, -0.1) is 11.3 Å². The molecule has 0 radical (unpaired) electrons. The van der Waals surface area contributed by atoms with Crippen molar-refractivity contribution in [2.45, 2.75) is 77.0 Å². The Morgan fingerprint density at radius 1 is 0.456 bits per heavy atom. The monoisotopic (exact) mass is 1040 g/mol. The second-order valence-corrected chi connectivity index (χ2v) is 24.7. The molecule has 79 heavy (non-hydrogen) atoms. The molecule has 0 N–H and O–H groups in total. The lowest BCUT2D eigenvalue weighted by molar-refractivity contribution is 0.131. The first-order valence-corrected chi connectivity index (χ1v) is 29.9. The molecule has 386 valence electrons. The maximum Gasteiger partial charge on any atom is 0.137 e. The molecule has 0 amide bonds. The lowest BCUT2D eigenvalue weighted by atomic mass is 9.57. The van der Waals surface area contributed by atoms with Crippen LogP contribution >= 0.6 is 11.3 Å². The number of para-hydroxylation sites is 2. The van der Waals surface area contributed by atoms with Crippen LogP contribution in [-0.2, 0) is 0 Å². The van der Waals surface area contributed by atoms with E-state index in [9.17, 15) is 0 Å². The van der Waals surface area contributed by atoms with Gasteiger partial charge in [-0.05, 0) is 158 Å². The maximum absolute atomic E-state index is 6.97. The van der Waals surface area contributed by atoms with Crippen LogP contribution in [0.25, 0.3) is 91.9 Å². The SMILES string of the molecule is CCC1C(c2cccc3sc4cc(-c5ccc6c(c5)-c5ccccc5C(c5ccccc5)C6C)ccc4c23)C(C)CC(c2ccc3c(c2)oc2cc(-n4c5ccccc5c5ccccc54)ccc23)[C@H](C)C(C)C1c1ccccc1. The van der Waals surface area contributed by atoms with E-state index in [2.05, 4.69) is 264 Å². The summed E-state index contributed by atoms with van der Waals surface area (Å²) in [6, 6.07) is 85.2. The zero-order valence-corrected chi connectivity index (χ0v) is 46.6. The van der Waals surface area contributed by atoms with Gasteiger partial charge in [0.2, 0.25) is 0 Å². The Morgan fingerprint density at radius 2 is 1.09 bits per heavy atom. The second kappa shape index (κ2) is 19.1. The molecule has 15 rings (SSSR count). The van der Waals surface area contributed by atoms with Gasteiger partial charge in [0.05, 0.1) is 11.0 Å². The lowest BCUT2D eigenvalue weighted by Gasteiger charge is -2.47. The van der Waals surface area contributed by atoms with Crippen LogP contribution in [0.5, 0.6) is 0 Å². The van der Waals surface area contributed by atoms with Crippen molar-refractivity contribution in [1.82, 2.24) is 4.57 Å². The van der Waals surface area contributed by atoms with E-state index in [0.29, 0.717) is 53.3 Å². The molecule has 2 aliphatic rings. The van der Waals surface area contributed by atoms with Gasteiger partial charge in [0.1, 0.15) is 11.2 Å². The zero-order chi connectivity index (χ0) is 53.0. The molecule has 3 heteroatoms. The van der Waals surface area contributed by atoms with Gasteiger partial charge in [-0.3, -0.25) is 0 Å². The van der Waals surface area contributed by atoms with Gasteiger partial charge in [-0.2, -0.15) is 0 Å². The minimum atomic E-state index is 0.328. The summed E-state index contributed by atoms with van der Waals surface area (Å²) >= 11 is 1.97. The van der Waals surface area contributed by atoms with Crippen LogP contribution in [0.15, 0.2) is 229 Å². The Kier molecular flexibility index (Phi) is 11.7. The highest BCUT2D eigenvalue weighted by molar-refractivity contribution is 7.25. The molecule has 1 fully saturated rings. The van der Waals surface area contributed by atoms with Crippen LogP contribution in [0, 0.1) is 23.7 Å². The van der Waals surface area contributed by atoms with Gasteiger partial charge in [0, 0.05) is 59.4 Å². The van der Waals surface area contributed by atoms with Crippen molar-refractivity contribution < 1.29 is 4.42 Å². The normalized spacial score (nSPS) is 22.4. The van der Waals surface area contributed by atoms with Crippen molar-refractivity contribution in [3.63, 3.8) is 0 Å². The molecule has 0 bridgehead atoms. The number of thiophene rings is 1. The molecule has 10 aromatic carbocycles. The molecule has 0 aliphatic heterocycles. The van der Waals surface area contributed by atoms with Crippen LogP contribution in [0.1, 0.15) is 110 Å². The number of furan rings is 1. The number of benzene rings is 10. The van der Waals surface area contributed by atoms with Crippen molar-refractivity contribution in [2.75, 3.05) is 0 Å². The molecule has 3 heterocycles. The fraction of sp³-hybridized carbons (Fsp3) is 0.211. The van der Waals surface area contributed by atoms with E-state index in [1.807, 2.05) is 11.3 Å². The van der Waals surface area contributed by atoms with E-state index in [1.54, 1.807) is 0 Å². The van der Waals surface area contributed by atoms with Gasteiger partial charge in [-0.1, -0.05) is 211 Å². The number of hydrogen-bond acceptors (Lipinski definition) is 2. The summed E-state index contributed by atoms with van der Waals surface area (Å²) in [7, 11) is 0. The van der Waals surface area contributed by atoms with Crippen molar-refractivity contribution in [3.8, 4) is 27.9 Å². The van der Waals surface area contributed by atoms with E-state index in [0.717, 1.165) is 35.1 Å². The molecule has 8 unspecified atom stereocenters. The molecule has 3 aromatic heterocycles. The summed E-state index contributed by atoms with van der Waals surface area (Å²) in [6.07, 6.45) is 2.22. The summed E-state index contributed by atoms with van der Waals surface area (Å²) in [5, 5.41) is 7.72. The van der Waals surface area contributed by atoms with Crippen molar-refractivity contribution in [2.24, 2.45) is 23.7 Å². The first-order valence-electron chi connectivity index (χ1n) is 29.0. The summed E-state index contributed by atoms with van der Waals surface area (Å²) in [4.78, 5) is 0.